The van der Waals surface area contributed by atoms with Crippen molar-refractivity contribution in [1.82, 2.24) is 14.7 Å². The first kappa shape index (κ1) is 13.4. The van der Waals surface area contributed by atoms with Crippen molar-refractivity contribution in [2.45, 2.75) is 33.2 Å². The zero-order valence-corrected chi connectivity index (χ0v) is 11.8. The van der Waals surface area contributed by atoms with Crippen molar-refractivity contribution in [3.8, 4) is 0 Å². The van der Waals surface area contributed by atoms with Crippen molar-refractivity contribution < 1.29 is 4.79 Å². The predicted octanol–water partition coefficient (Wildman–Crippen LogP) is 2.17. The van der Waals surface area contributed by atoms with Gasteiger partial charge in [-0.2, -0.15) is 5.10 Å². The summed E-state index contributed by atoms with van der Waals surface area (Å²) in [6.45, 7) is 6.38. The van der Waals surface area contributed by atoms with E-state index >= 15 is 0 Å². The van der Waals surface area contributed by atoms with Gasteiger partial charge in [0.25, 0.3) is 5.91 Å². The smallest absolute Gasteiger partial charge is 0.272 e. The summed E-state index contributed by atoms with van der Waals surface area (Å²) >= 11 is 5.85. The summed E-state index contributed by atoms with van der Waals surface area (Å²) < 4.78 is 1.80. The van der Waals surface area contributed by atoms with Gasteiger partial charge in [0.1, 0.15) is 5.69 Å². The van der Waals surface area contributed by atoms with Gasteiger partial charge in [0.05, 0.1) is 5.69 Å². The number of aryl methyl sites for hydroxylation is 2. The SMILES string of the molecule is CCc1cc(C(=O)N2CCC(CCl)C2)n(CC)n1. The lowest BCUT2D eigenvalue weighted by atomic mass is 10.2. The number of carbonyl (C=O) groups excluding carboxylic acids is 1. The molecule has 0 radical (unpaired) electrons. The summed E-state index contributed by atoms with van der Waals surface area (Å²) in [6.07, 6.45) is 1.87. The van der Waals surface area contributed by atoms with Crippen molar-refractivity contribution in [2.24, 2.45) is 5.92 Å². The van der Waals surface area contributed by atoms with Crippen LogP contribution in [0.25, 0.3) is 0 Å². The van der Waals surface area contributed by atoms with Crippen LogP contribution >= 0.6 is 11.6 Å². The molecule has 0 aliphatic carbocycles. The van der Waals surface area contributed by atoms with Gasteiger partial charge in [0.15, 0.2) is 0 Å². The van der Waals surface area contributed by atoms with E-state index in [1.807, 2.05) is 17.9 Å². The molecule has 1 atom stereocenters. The van der Waals surface area contributed by atoms with E-state index in [9.17, 15) is 4.79 Å². The maximum absolute atomic E-state index is 12.4. The van der Waals surface area contributed by atoms with Crippen LogP contribution in [-0.4, -0.2) is 39.6 Å². The highest BCUT2D eigenvalue weighted by Crippen LogP contribution is 2.20. The van der Waals surface area contributed by atoms with Crippen LogP contribution < -0.4 is 0 Å². The molecule has 4 nitrogen and oxygen atoms in total. The number of hydrogen-bond donors (Lipinski definition) is 0. The fourth-order valence-electron chi connectivity index (χ4n) is 2.36. The van der Waals surface area contributed by atoms with Gasteiger partial charge >= 0.3 is 0 Å². The van der Waals surface area contributed by atoms with E-state index in [1.54, 1.807) is 4.68 Å². The van der Waals surface area contributed by atoms with Gasteiger partial charge in [-0.1, -0.05) is 6.92 Å². The molecule has 1 fully saturated rings. The van der Waals surface area contributed by atoms with Gasteiger partial charge in [-0.15, -0.1) is 11.6 Å². The van der Waals surface area contributed by atoms with Gasteiger partial charge in [-0.05, 0) is 31.7 Å². The maximum Gasteiger partial charge on any atom is 0.272 e. The zero-order chi connectivity index (χ0) is 13.1. The molecule has 1 unspecified atom stereocenters. The monoisotopic (exact) mass is 269 g/mol. The quantitative estimate of drug-likeness (QED) is 0.786. The summed E-state index contributed by atoms with van der Waals surface area (Å²) in [7, 11) is 0. The zero-order valence-electron chi connectivity index (χ0n) is 11.0. The predicted molar refractivity (Wildman–Crippen MR) is 72.0 cm³/mol. The van der Waals surface area contributed by atoms with E-state index in [4.69, 9.17) is 11.6 Å². The lowest BCUT2D eigenvalue weighted by Crippen LogP contribution is -2.30. The van der Waals surface area contributed by atoms with Crippen LogP contribution in [0.3, 0.4) is 0 Å². The second kappa shape index (κ2) is 5.74. The molecule has 1 aliphatic heterocycles. The minimum absolute atomic E-state index is 0.0941. The minimum atomic E-state index is 0.0941. The number of halogens is 1. The number of hydrogen-bond acceptors (Lipinski definition) is 2. The molecule has 1 aliphatic rings. The Morgan fingerprint density at radius 3 is 2.89 bits per heavy atom. The fourth-order valence-corrected chi connectivity index (χ4v) is 2.61. The van der Waals surface area contributed by atoms with Crippen molar-refractivity contribution in [2.75, 3.05) is 19.0 Å². The molecule has 0 aromatic carbocycles. The number of alkyl halides is 1. The summed E-state index contributed by atoms with van der Waals surface area (Å²) in [5.41, 5.74) is 1.69. The average Bonchev–Trinajstić information content (AvgIpc) is 3.03. The van der Waals surface area contributed by atoms with Crippen LogP contribution in [0.15, 0.2) is 6.07 Å². The Hall–Kier alpha value is -1.03. The molecule has 1 amide bonds. The Morgan fingerprint density at radius 1 is 1.56 bits per heavy atom. The summed E-state index contributed by atoms with van der Waals surface area (Å²) in [6, 6.07) is 1.92. The van der Waals surface area contributed by atoms with Gasteiger partial charge in [-0.3, -0.25) is 9.48 Å². The Bertz CT molecular complexity index is 430. The molecule has 2 heterocycles. The topological polar surface area (TPSA) is 38.1 Å². The summed E-state index contributed by atoms with van der Waals surface area (Å²) in [5, 5.41) is 4.42. The molecule has 0 N–H and O–H groups in total. The minimum Gasteiger partial charge on any atom is -0.337 e. The van der Waals surface area contributed by atoms with Crippen molar-refractivity contribution >= 4 is 17.5 Å². The van der Waals surface area contributed by atoms with E-state index < -0.39 is 0 Å². The third kappa shape index (κ3) is 2.53. The standard InChI is InChI=1S/C13H20ClN3O/c1-3-11-7-12(17(4-2)15-11)13(18)16-6-5-10(8-14)9-16/h7,10H,3-6,8-9H2,1-2H3. The molecule has 0 bridgehead atoms. The van der Waals surface area contributed by atoms with Crippen LogP contribution in [0.1, 0.15) is 36.5 Å². The number of likely N-dealkylation sites (tertiary alicyclic amines) is 1. The van der Waals surface area contributed by atoms with Gasteiger partial charge in [-0.25, -0.2) is 0 Å². The molecule has 5 heteroatoms. The highest BCUT2D eigenvalue weighted by atomic mass is 35.5. The number of carbonyl (C=O) groups is 1. The molecular weight excluding hydrogens is 250 g/mol. The average molecular weight is 270 g/mol. The van der Waals surface area contributed by atoms with Crippen molar-refractivity contribution in [3.63, 3.8) is 0 Å². The van der Waals surface area contributed by atoms with Gasteiger partial charge in [0, 0.05) is 25.5 Å². The first-order valence-corrected chi connectivity index (χ1v) is 7.15. The number of nitrogens with zero attached hydrogens (tertiary/aromatic N) is 3. The maximum atomic E-state index is 12.4. The highest BCUT2D eigenvalue weighted by Gasteiger charge is 2.28. The second-order valence-electron chi connectivity index (χ2n) is 4.75. The Labute approximate surface area is 113 Å². The normalized spacial score (nSPS) is 19.5. The third-order valence-corrected chi connectivity index (χ3v) is 3.94. The molecule has 1 aromatic rings. The first-order valence-electron chi connectivity index (χ1n) is 6.61. The largest absolute Gasteiger partial charge is 0.337 e. The molecular formula is C13H20ClN3O. The lowest BCUT2D eigenvalue weighted by molar-refractivity contribution is 0.0776. The Kier molecular flexibility index (Phi) is 4.27. The second-order valence-corrected chi connectivity index (χ2v) is 5.06. The molecule has 1 saturated heterocycles. The number of aromatic nitrogens is 2. The number of amides is 1. The third-order valence-electron chi connectivity index (χ3n) is 3.50. The number of rotatable bonds is 4. The van der Waals surface area contributed by atoms with Crippen LogP contribution in [0.5, 0.6) is 0 Å². The van der Waals surface area contributed by atoms with E-state index in [2.05, 4.69) is 12.0 Å². The van der Waals surface area contributed by atoms with Crippen LogP contribution in [-0.2, 0) is 13.0 Å². The first-order chi connectivity index (χ1) is 8.69. The molecule has 100 valence electrons. The van der Waals surface area contributed by atoms with E-state index in [-0.39, 0.29) is 5.91 Å². The molecule has 1 aromatic heterocycles. The molecule has 2 rings (SSSR count). The summed E-state index contributed by atoms with van der Waals surface area (Å²) in [5.74, 6) is 1.17. The molecule has 0 spiro atoms. The lowest BCUT2D eigenvalue weighted by Gasteiger charge is -2.16. The molecule has 0 saturated carbocycles. The van der Waals surface area contributed by atoms with Crippen molar-refractivity contribution in [1.29, 1.82) is 0 Å². The van der Waals surface area contributed by atoms with E-state index in [0.29, 0.717) is 17.5 Å². The van der Waals surface area contributed by atoms with E-state index in [0.717, 1.165) is 38.2 Å². The van der Waals surface area contributed by atoms with Crippen LogP contribution in [0, 0.1) is 5.92 Å². The fraction of sp³-hybridized carbons (Fsp3) is 0.692. The Morgan fingerprint density at radius 2 is 2.33 bits per heavy atom. The van der Waals surface area contributed by atoms with Crippen LogP contribution in [0.4, 0.5) is 0 Å². The van der Waals surface area contributed by atoms with Gasteiger partial charge < -0.3 is 4.90 Å². The Balaban J connectivity index is 2.15. The van der Waals surface area contributed by atoms with E-state index in [1.165, 1.54) is 0 Å². The summed E-state index contributed by atoms with van der Waals surface area (Å²) in [4.78, 5) is 14.3. The molecule has 18 heavy (non-hydrogen) atoms. The van der Waals surface area contributed by atoms with Gasteiger partial charge in [0.2, 0.25) is 0 Å². The highest BCUT2D eigenvalue weighted by molar-refractivity contribution is 6.18. The van der Waals surface area contributed by atoms with Crippen LogP contribution in [0.2, 0.25) is 0 Å². The van der Waals surface area contributed by atoms with Crippen molar-refractivity contribution in [3.05, 3.63) is 17.5 Å².